The third-order valence-electron chi connectivity index (χ3n) is 6.99. The number of sulfone groups is 2. The van der Waals surface area contributed by atoms with E-state index in [0.717, 1.165) is 0 Å². The van der Waals surface area contributed by atoms with Gasteiger partial charge in [0.1, 0.15) is 0 Å². The smallest absolute Gasteiger partial charge is 0.264 e. The third-order valence-corrected chi connectivity index (χ3v) is 13.2. The minimum absolute atomic E-state index is 0.260. The molecule has 1 atom stereocenters. The second-order valence-corrected chi connectivity index (χ2v) is 23.1. The van der Waals surface area contributed by atoms with Crippen LogP contribution < -0.4 is 0 Å². The average Bonchev–Trinajstić information content (AvgIpc) is 2.73. The molecule has 0 heterocycles. The predicted molar refractivity (Wildman–Crippen MR) is 181 cm³/mol. The average molecular weight is 667 g/mol. The molecule has 44 heavy (non-hydrogen) atoms. The fourth-order valence-corrected chi connectivity index (χ4v) is 8.33. The van der Waals surface area contributed by atoms with Gasteiger partial charge in [-0.3, -0.25) is 0 Å². The van der Waals surface area contributed by atoms with Gasteiger partial charge in [-0.15, -0.1) is 0 Å². The van der Waals surface area contributed by atoms with Crippen LogP contribution in [0, 0.1) is 20.8 Å². The predicted octanol–water partition coefficient (Wildman–Crippen LogP) is 4.41. The molecule has 0 aromatic heterocycles. The van der Waals surface area contributed by atoms with Crippen LogP contribution >= 0.6 is 0 Å². The zero-order valence-electron chi connectivity index (χ0n) is 30.2. The van der Waals surface area contributed by atoms with Gasteiger partial charge >= 0.3 is 0 Å². The lowest BCUT2D eigenvalue weighted by Crippen LogP contribution is -2.75. The van der Waals surface area contributed by atoms with Crippen molar-refractivity contribution < 1.29 is 35.8 Å². The quantitative estimate of drug-likeness (QED) is 0.166. The molecule has 0 N–H and O–H groups in total. The molecule has 0 amide bonds. The van der Waals surface area contributed by atoms with E-state index in [1.807, 2.05) is 0 Å². The highest BCUT2D eigenvalue weighted by atomic mass is 32.2. The highest BCUT2D eigenvalue weighted by Gasteiger charge is 2.77. The van der Waals surface area contributed by atoms with E-state index in [4.69, 9.17) is 0 Å². The first-order valence-electron chi connectivity index (χ1n) is 14.5. The topological polar surface area (TPSA) is 173 Å². The van der Waals surface area contributed by atoms with Crippen LogP contribution in [0.15, 0.2) is 0 Å². The summed E-state index contributed by atoms with van der Waals surface area (Å²) in [6, 6.07) is 0. The fourth-order valence-electron chi connectivity index (χ4n) is 3.65. The maximum Gasteiger partial charge on any atom is 0.264 e. The fraction of sp³-hybridized carbons (Fsp3) is 0.867. The van der Waals surface area contributed by atoms with Gasteiger partial charge in [-0.25, -0.2) is 35.8 Å². The van der Waals surface area contributed by atoms with Crippen molar-refractivity contribution >= 4 is 44.5 Å². The summed E-state index contributed by atoms with van der Waals surface area (Å²) in [6.45, 7) is 25.4. The van der Waals surface area contributed by atoms with E-state index in [1.165, 1.54) is 125 Å². The molecule has 0 aliphatic carbocycles. The molecule has 258 valence electrons. The molecule has 0 rings (SSSR count). The van der Waals surface area contributed by atoms with Crippen LogP contribution in [0.1, 0.15) is 125 Å². The van der Waals surface area contributed by atoms with Crippen molar-refractivity contribution in [3.63, 3.8) is 0 Å². The molecule has 1 unspecified atom stereocenters. The number of hydrogen-bond acceptors (Lipinski definition) is 8. The molecule has 0 spiro atoms. The van der Waals surface area contributed by atoms with Crippen molar-refractivity contribution in [3.8, 4) is 0 Å². The van der Waals surface area contributed by atoms with E-state index in [9.17, 15) is 20.8 Å². The standard InChI is InChI=1S/C30H58N4O8S2/c1-23(2,3)31(35)19-29(20-32(36)24(4,5)6,43(39,40)27(13,14)15)30(21-33(37)25(7,8)9,22-34(38)26(10,11)12)44(41,42)28(16,17)18/h19-22H,1-18H3/b31-19-,32-20-,33-21-,34-22+. The molecule has 12 nitrogen and oxygen atoms in total. The first-order valence-corrected chi connectivity index (χ1v) is 17.5. The summed E-state index contributed by atoms with van der Waals surface area (Å²) < 4.78 is 51.7. The van der Waals surface area contributed by atoms with Crippen molar-refractivity contribution in [2.24, 2.45) is 0 Å². The maximum absolute atomic E-state index is 15.1. The molecule has 0 saturated heterocycles. The van der Waals surface area contributed by atoms with Crippen molar-refractivity contribution in [2.45, 2.75) is 166 Å². The summed E-state index contributed by atoms with van der Waals surface area (Å²) in [4.78, 5) is 0. The normalized spacial score (nSPS) is 19.4. The Morgan fingerprint density at radius 1 is 0.364 bits per heavy atom. The molecule has 0 aromatic carbocycles. The lowest BCUT2D eigenvalue weighted by molar-refractivity contribution is -0.541. The molecule has 0 aliphatic heterocycles. The van der Waals surface area contributed by atoms with E-state index >= 15 is 16.8 Å². The summed E-state index contributed by atoms with van der Waals surface area (Å²) in [7, 11) is -10.1. The Balaban J connectivity index is 10.2. The number of hydroxylamine groups is 4. The van der Waals surface area contributed by atoms with Crippen molar-refractivity contribution in [1.29, 1.82) is 0 Å². The summed E-state index contributed by atoms with van der Waals surface area (Å²) in [5, 5.41) is 55.7. The Kier molecular flexibility index (Phi) is 11.3. The number of rotatable bonds is 7. The lowest BCUT2D eigenvalue weighted by Gasteiger charge is -2.43. The molecule has 14 heteroatoms. The van der Waals surface area contributed by atoms with Crippen LogP contribution in [-0.2, 0) is 19.7 Å². The van der Waals surface area contributed by atoms with Crippen molar-refractivity contribution in [2.75, 3.05) is 0 Å². The minimum Gasteiger partial charge on any atom is -0.624 e. The Morgan fingerprint density at radius 2 is 0.500 bits per heavy atom. The highest BCUT2D eigenvalue weighted by Crippen LogP contribution is 2.44. The van der Waals surface area contributed by atoms with Gasteiger partial charge in [0.05, 0.1) is 9.49 Å². The van der Waals surface area contributed by atoms with Crippen molar-refractivity contribution in [1.82, 2.24) is 0 Å². The molecule has 0 radical (unpaired) electrons. The molecule has 0 fully saturated rings. The summed E-state index contributed by atoms with van der Waals surface area (Å²) in [5.74, 6) is 0. The number of nitrogens with zero attached hydrogens (tertiary/aromatic N) is 4. The largest absolute Gasteiger partial charge is 0.624 e. The van der Waals surface area contributed by atoms with Crippen LogP contribution in [0.4, 0.5) is 0 Å². The minimum atomic E-state index is -5.06. The second-order valence-electron chi connectivity index (χ2n) is 17.3. The van der Waals surface area contributed by atoms with Gasteiger partial charge in [-0.05, 0) is 41.5 Å². The molecule has 0 bridgehead atoms. The summed E-state index contributed by atoms with van der Waals surface area (Å²) in [5.41, 5.74) is -5.38. The zero-order chi connectivity index (χ0) is 36.1. The first-order chi connectivity index (χ1) is 18.8. The Labute approximate surface area is 266 Å². The molecule has 0 saturated carbocycles. The maximum atomic E-state index is 15.1. The van der Waals surface area contributed by atoms with Crippen LogP contribution in [0.5, 0.6) is 0 Å². The zero-order valence-corrected chi connectivity index (χ0v) is 31.8. The Hall–Kier alpha value is -2.22. The summed E-state index contributed by atoms with van der Waals surface area (Å²) >= 11 is 0. The van der Waals surface area contributed by atoms with Gasteiger partial charge in [0, 0.05) is 83.1 Å². The van der Waals surface area contributed by atoms with E-state index < -0.39 is 60.8 Å². The SMILES string of the molecule is CC(C)(C)/[N+]([O-])=C/C(/C=[N+](\[O-])C(C)(C)C)(C(/C=[N+](\[O-])C(C)(C)C)(/C=[N+](/[O-])C(C)(C)C)S(=O)(=O)C(C)(C)C)S(=O)(=O)C(C)(C)C. The lowest BCUT2D eigenvalue weighted by atomic mass is 9.91. The van der Waals surface area contributed by atoms with Crippen LogP contribution in [0.2, 0.25) is 0 Å². The van der Waals surface area contributed by atoms with E-state index in [2.05, 4.69) is 0 Å². The van der Waals surface area contributed by atoms with Gasteiger partial charge in [-0.1, -0.05) is 0 Å². The van der Waals surface area contributed by atoms with Crippen molar-refractivity contribution in [3.05, 3.63) is 20.8 Å². The van der Waals surface area contributed by atoms with Crippen LogP contribution in [0.3, 0.4) is 0 Å². The van der Waals surface area contributed by atoms with Gasteiger partial charge in [-0.2, -0.15) is 0 Å². The van der Waals surface area contributed by atoms with Gasteiger partial charge in [0.15, 0.2) is 66.7 Å². The Morgan fingerprint density at radius 3 is 0.591 bits per heavy atom. The van der Waals surface area contributed by atoms with E-state index in [0.29, 0.717) is 24.9 Å². The van der Waals surface area contributed by atoms with E-state index in [-0.39, 0.29) is 19.0 Å². The summed E-state index contributed by atoms with van der Waals surface area (Å²) in [6.07, 6.45) is 2.53. The van der Waals surface area contributed by atoms with Crippen LogP contribution in [-0.4, -0.2) is 102 Å². The molecular weight excluding hydrogens is 608 g/mol. The van der Waals surface area contributed by atoms with Gasteiger partial charge < -0.3 is 20.8 Å². The third kappa shape index (κ3) is 7.94. The van der Waals surface area contributed by atoms with Crippen LogP contribution in [0.25, 0.3) is 0 Å². The molecule has 0 aromatic rings. The monoisotopic (exact) mass is 666 g/mol. The second kappa shape index (κ2) is 11.9. The number of hydrogen-bond donors (Lipinski definition) is 0. The van der Waals surface area contributed by atoms with Gasteiger partial charge in [0.25, 0.3) is 9.49 Å². The highest BCUT2D eigenvalue weighted by molar-refractivity contribution is 8.00. The van der Waals surface area contributed by atoms with Gasteiger partial charge in [0.2, 0.25) is 0 Å². The van der Waals surface area contributed by atoms with E-state index in [1.54, 1.807) is 0 Å². The molecular formula is C30H58N4O8S2. The first kappa shape index (κ1) is 41.8. The molecule has 0 aliphatic rings. The Bertz CT molecular complexity index is 1240.